The van der Waals surface area contributed by atoms with Crippen molar-refractivity contribution in [3.8, 4) is 11.6 Å². The molecule has 2 rings (SSSR count). The molecule has 0 amide bonds. The van der Waals surface area contributed by atoms with Crippen LogP contribution >= 0.6 is 39.1 Å². The number of nitrogens with one attached hydrogen (secondary N) is 1. The maximum absolute atomic E-state index is 5.93. The highest BCUT2D eigenvalue weighted by molar-refractivity contribution is 9.10. The highest BCUT2D eigenvalue weighted by Gasteiger charge is 2.10. The predicted molar refractivity (Wildman–Crippen MR) is 74.1 cm³/mol. The van der Waals surface area contributed by atoms with Crippen LogP contribution in [0.3, 0.4) is 0 Å². The Kier molecular flexibility index (Phi) is 4.23. The lowest BCUT2D eigenvalue weighted by atomic mass is 10.3. The fourth-order valence-corrected chi connectivity index (χ4v) is 2.05. The van der Waals surface area contributed by atoms with Crippen molar-refractivity contribution in [2.75, 3.05) is 5.43 Å². The number of nitrogens with two attached hydrogens (primary N) is 1. The molecule has 5 nitrogen and oxygen atoms in total. The second-order valence-corrected chi connectivity index (χ2v) is 4.87. The lowest BCUT2D eigenvalue weighted by Gasteiger charge is -2.09. The number of benzene rings is 1. The van der Waals surface area contributed by atoms with E-state index in [4.69, 9.17) is 33.8 Å². The van der Waals surface area contributed by atoms with E-state index in [1.807, 2.05) is 0 Å². The molecule has 0 aliphatic rings. The molecular weight excluding hydrogens is 343 g/mol. The van der Waals surface area contributed by atoms with Gasteiger partial charge in [0, 0.05) is 5.02 Å². The molecule has 94 valence electrons. The molecule has 0 unspecified atom stereocenters. The summed E-state index contributed by atoms with van der Waals surface area (Å²) in [5, 5.41) is 0.864. The number of ether oxygens (including phenoxy) is 1. The van der Waals surface area contributed by atoms with Gasteiger partial charge in [0.2, 0.25) is 11.8 Å². The van der Waals surface area contributed by atoms with Crippen LogP contribution in [0.25, 0.3) is 0 Å². The summed E-state index contributed by atoms with van der Waals surface area (Å²) in [6.07, 6.45) is 1.39. The van der Waals surface area contributed by atoms with Gasteiger partial charge in [0.05, 0.1) is 10.7 Å². The van der Waals surface area contributed by atoms with E-state index in [2.05, 4.69) is 31.3 Å². The van der Waals surface area contributed by atoms with Gasteiger partial charge in [0.1, 0.15) is 10.8 Å². The number of rotatable bonds is 3. The van der Waals surface area contributed by atoms with Gasteiger partial charge in [-0.1, -0.05) is 23.2 Å². The monoisotopic (exact) mass is 348 g/mol. The van der Waals surface area contributed by atoms with Crippen molar-refractivity contribution in [2.24, 2.45) is 5.84 Å². The number of hydrazine groups is 1. The van der Waals surface area contributed by atoms with Crippen LogP contribution in [0.15, 0.2) is 28.9 Å². The molecule has 0 radical (unpaired) electrons. The second-order valence-electron chi connectivity index (χ2n) is 3.17. The molecule has 0 aliphatic heterocycles. The Bertz CT molecular complexity index is 582. The number of hydrogen-bond acceptors (Lipinski definition) is 5. The summed E-state index contributed by atoms with van der Waals surface area (Å²) in [6, 6.07) is 5.09. The molecular formula is C10H7BrCl2N4O. The Labute approximate surface area is 121 Å². The zero-order chi connectivity index (χ0) is 13.1. The normalized spacial score (nSPS) is 10.2. The maximum Gasteiger partial charge on any atom is 0.243 e. The van der Waals surface area contributed by atoms with Crippen LogP contribution in [0.1, 0.15) is 0 Å². The number of anilines is 1. The van der Waals surface area contributed by atoms with Gasteiger partial charge in [-0.3, -0.25) is 5.43 Å². The predicted octanol–water partition coefficient (Wildman–Crippen LogP) is 3.62. The first-order chi connectivity index (χ1) is 8.60. The van der Waals surface area contributed by atoms with E-state index in [0.717, 1.165) is 0 Å². The highest BCUT2D eigenvalue weighted by atomic mass is 79.9. The Hall–Kier alpha value is -1.08. The summed E-state index contributed by atoms with van der Waals surface area (Å²) in [6.45, 7) is 0. The van der Waals surface area contributed by atoms with E-state index < -0.39 is 0 Å². The zero-order valence-electron chi connectivity index (χ0n) is 8.82. The van der Waals surface area contributed by atoms with E-state index in [1.54, 1.807) is 18.2 Å². The molecule has 1 aromatic heterocycles. The lowest BCUT2D eigenvalue weighted by Crippen LogP contribution is -2.10. The molecule has 0 fully saturated rings. The Morgan fingerprint density at radius 1 is 1.33 bits per heavy atom. The molecule has 2 aromatic rings. The van der Waals surface area contributed by atoms with Gasteiger partial charge in [-0.15, -0.1) is 0 Å². The van der Waals surface area contributed by atoms with Crippen LogP contribution in [0, 0.1) is 0 Å². The summed E-state index contributed by atoms with van der Waals surface area (Å²) in [4.78, 5) is 7.84. The van der Waals surface area contributed by atoms with Crippen molar-refractivity contribution in [3.63, 3.8) is 0 Å². The average molecular weight is 350 g/mol. The quantitative estimate of drug-likeness (QED) is 0.654. The van der Waals surface area contributed by atoms with Crippen molar-refractivity contribution in [1.82, 2.24) is 9.97 Å². The van der Waals surface area contributed by atoms with E-state index in [1.165, 1.54) is 6.20 Å². The largest absolute Gasteiger partial charge is 0.436 e. The zero-order valence-corrected chi connectivity index (χ0v) is 11.9. The molecule has 18 heavy (non-hydrogen) atoms. The molecule has 0 aliphatic carbocycles. The van der Waals surface area contributed by atoms with Crippen molar-refractivity contribution in [3.05, 3.63) is 38.9 Å². The number of nitrogens with zero attached hydrogens (tertiary/aromatic N) is 2. The van der Waals surface area contributed by atoms with Gasteiger partial charge in [-0.05, 0) is 34.1 Å². The molecule has 1 aromatic carbocycles. The Balaban J connectivity index is 2.33. The first kappa shape index (κ1) is 13.4. The number of nitrogen functional groups attached to an aromatic ring is 1. The Morgan fingerprint density at radius 3 is 2.78 bits per heavy atom. The third-order valence-electron chi connectivity index (χ3n) is 1.94. The Morgan fingerprint density at radius 2 is 2.11 bits per heavy atom. The number of halogens is 3. The van der Waals surface area contributed by atoms with Crippen molar-refractivity contribution >= 4 is 45.1 Å². The van der Waals surface area contributed by atoms with Crippen LogP contribution in [-0.4, -0.2) is 9.97 Å². The maximum atomic E-state index is 5.93. The fraction of sp³-hybridized carbons (Fsp3) is 0. The standard InChI is InChI=1S/C10H7BrCl2N4O/c11-6-3-5(12)1-2-8(6)18-9-7(13)4-15-10(16-9)17-14/h1-4H,14H2,(H,15,16,17). The van der Waals surface area contributed by atoms with Crippen LogP contribution in [0.2, 0.25) is 10.0 Å². The molecule has 0 bridgehead atoms. The number of aromatic nitrogens is 2. The first-order valence-corrected chi connectivity index (χ1v) is 6.27. The summed E-state index contributed by atoms with van der Waals surface area (Å²) in [5.41, 5.74) is 2.31. The van der Waals surface area contributed by atoms with Crippen LogP contribution in [0.5, 0.6) is 11.6 Å². The van der Waals surface area contributed by atoms with E-state index in [9.17, 15) is 0 Å². The van der Waals surface area contributed by atoms with Gasteiger partial charge >= 0.3 is 0 Å². The van der Waals surface area contributed by atoms with Gasteiger partial charge in [-0.2, -0.15) is 4.98 Å². The minimum absolute atomic E-state index is 0.197. The van der Waals surface area contributed by atoms with Crippen molar-refractivity contribution in [1.29, 1.82) is 0 Å². The van der Waals surface area contributed by atoms with E-state index in [-0.39, 0.29) is 16.9 Å². The fourth-order valence-electron chi connectivity index (χ4n) is 1.15. The van der Waals surface area contributed by atoms with Crippen LogP contribution in [0.4, 0.5) is 5.95 Å². The molecule has 0 saturated heterocycles. The van der Waals surface area contributed by atoms with Crippen LogP contribution < -0.4 is 16.0 Å². The first-order valence-electron chi connectivity index (χ1n) is 4.72. The van der Waals surface area contributed by atoms with Gasteiger partial charge < -0.3 is 4.74 Å². The number of hydrogen-bond donors (Lipinski definition) is 2. The molecule has 0 spiro atoms. The molecule has 0 saturated carbocycles. The minimum atomic E-state index is 0.197. The average Bonchev–Trinajstić information content (AvgIpc) is 2.35. The molecule has 1 heterocycles. The molecule has 3 N–H and O–H groups in total. The van der Waals surface area contributed by atoms with Crippen molar-refractivity contribution < 1.29 is 4.74 Å². The van der Waals surface area contributed by atoms with Crippen molar-refractivity contribution in [2.45, 2.75) is 0 Å². The van der Waals surface area contributed by atoms with E-state index >= 15 is 0 Å². The second kappa shape index (κ2) is 5.71. The molecule has 8 heteroatoms. The summed E-state index contributed by atoms with van der Waals surface area (Å²) >= 11 is 15.1. The highest BCUT2D eigenvalue weighted by Crippen LogP contribution is 2.33. The van der Waals surface area contributed by atoms with Gasteiger partial charge in [-0.25, -0.2) is 10.8 Å². The van der Waals surface area contributed by atoms with Crippen LogP contribution in [-0.2, 0) is 0 Å². The lowest BCUT2D eigenvalue weighted by molar-refractivity contribution is 0.460. The van der Waals surface area contributed by atoms with Gasteiger partial charge in [0.15, 0.2) is 0 Å². The topological polar surface area (TPSA) is 73.1 Å². The minimum Gasteiger partial charge on any atom is -0.436 e. The SMILES string of the molecule is NNc1ncc(Cl)c(Oc2ccc(Cl)cc2Br)n1. The third kappa shape index (κ3) is 3.02. The summed E-state index contributed by atoms with van der Waals surface area (Å²) in [7, 11) is 0. The van der Waals surface area contributed by atoms with E-state index in [0.29, 0.717) is 15.2 Å². The summed E-state index contributed by atoms with van der Waals surface area (Å²) < 4.78 is 6.24. The summed E-state index contributed by atoms with van der Waals surface area (Å²) in [5.74, 6) is 6.15. The van der Waals surface area contributed by atoms with Gasteiger partial charge in [0.25, 0.3) is 0 Å². The molecule has 0 atom stereocenters. The smallest absolute Gasteiger partial charge is 0.243 e. The third-order valence-corrected chi connectivity index (χ3v) is 3.06.